The number of nitrogens with zero attached hydrogens (tertiary/aromatic N) is 2. The summed E-state index contributed by atoms with van der Waals surface area (Å²) in [7, 11) is 1.77. The second-order valence-corrected chi connectivity index (χ2v) is 7.84. The van der Waals surface area contributed by atoms with Gasteiger partial charge in [0.1, 0.15) is 23.7 Å². The third-order valence-corrected chi connectivity index (χ3v) is 5.77. The van der Waals surface area contributed by atoms with Crippen molar-refractivity contribution in [3.05, 3.63) is 65.4 Å². The molecule has 0 amide bonds. The maximum atomic E-state index is 6.09. The van der Waals surface area contributed by atoms with Crippen LogP contribution in [-0.2, 0) is 17.8 Å². The molecule has 0 aliphatic carbocycles. The Morgan fingerprint density at radius 1 is 1.03 bits per heavy atom. The molecule has 1 aliphatic heterocycles. The van der Waals surface area contributed by atoms with Gasteiger partial charge in [-0.3, -0.25) is 9.89 Å². The van der Waals surface area contributed by atoms with Crippen molar-refractivity contribution in [2.75, 3.05) is 46.5 Å². The number of hydrogen-bond donors (Lipinski definition) is 2. The van der Waals surface area contributed by atoms with Crippen molar-refractivity contribution in [3.63, 3.8) is 0 Å². The van der Waals surface area contributed by atoms with Crippen molar-refractivity contribution in [1.82, 2.24) is 15.5 Å². The van der Waals surface area contributed by atoms with Crippen molar-refractivity contribution in [1.29, 1.82) is 0 Å². The first-order valence-electron chi connectivity index (χ1n) is 11.2. The van der Waals surface area contributed by atoms with Crippen LogP contribution in [-0.4, -0.2) is 57.4 Å². The largest absolute Gasteiger partial charge is 0.492 e. The van der Waals surface area contributed by atoms with Gasteiger partial charge in [-0.05, 0) is 19.1 Å². The van der Waals surface area contributed by atoms with Gasteiger partial charge in [0.15, 0.2) is 5.96 Å². The number of benzene rings is 2. The molecule has 7 heteroatoms. The number of nitrogens with one attached hydrogen (secondary N) is 2. The molecule has 1 aliphatic rings. The van der Waals surface area contributed by atoms with Gasteiger partial charge in [-0.1, -0.05) is 36.4 Å². The Labute approximate surface area is 189 Å². The highest BCUT2D eigenvalue weighted by Crippen LogP contribution is 2.24. The highest BCUT2D eigenvalue weighted by Gasteiger charge is 2.12. The highest BCUT2D eigenvalue weighted by molar-refractivity contribution is 5.83. The molecule has 0 radical (unpaired) electrons. The normalized spacial score (nSPS) is 15.1. The van der Waals surface area contributed by atoms with Gasteiger partial charge in [-0.15, -0.1) is 0 Å². The lowest BCUT2D eigenvalue weighted by molar-refractivity contribution is 0.0322. The van der Waals surface area contributed by atoms with Crippen molar-refractivity contribution < 1.29 is 13.9 Å². The fraction of sp³-hybridized carbons (Fsp3) is 0.400. The summed E-state index contributed by atoms with van der Waals surface area (Å²) in [6.45, 7) is 8.40. The summed E-state index contributed by atoms with van der Waals surface area (Å²) in [5.74, 6) is 2.53. The molecule has 7 nitrogen and oxygen atoms in total. The van der Waals surface area contributed by atoms with Crippen LogP contribution in [0.4, 0.5) is 0 Å². The summed E-state index contributed by atoms with van der Waals surface area (Å²) in [6.07, 6.45) is 0. The first-order valence-corrected chi connectivity index (χ1v) is 11.2. The van der Waals surface area contributed by atoms with Gasteiger partial charge in [0.2, 0.25) is 0 Å². The summed E-state index contributed by atoms with van der Waals surface area (Å²) < 4.78 is 17.5. The monoisotopic (exact) mass is 436 g/mol. The zero-order chi connectivity index (χ0) is 22.2. The summed E-state index contributed by atoms with van der Waals surface area (Å²) in [5, 5.41) is 7.88. The van der Waals surface area contributed by atoms with Crippen LogP contribution in [0.15, 0.2) is 57.9 Å². The van der Waals surface area contributed by atoms with Crippen molar-refractivity contribution >= 4 is 16.9 Å². The number of hydrogen-bond acceptors (Lipinski definition) is 5. The second-order valence-electron chi connectivity index (χ2n) is 7.84. The molecule has 2 heterocycles. The summed E-state index contributed by atoms with van der Waals surface area (Å²) in [6, 6.07) is 16.2. The Morgan fingerprint density at radius 2 is 1.78 bits per heavy atom. The molecule has 0 saturated carbocycles. The van der Waals surface area contributed by atoms with Crippen molar-refractivity contribution in [3.8, 4) is 5.75 Å². The predicted octanol–water partition coefficient (Wildman–Crippen LogP) is 3.32. The van der Waals surface area contributed by atoms with E-state index < -0.39 is 0 Å². The molecule has 0 spiro atoms. The van der Waals surface area contributed by atoms with Crippen LogP contribution >= 0.6 is 0 Å². The van der Waals surface area contributed by atoms with E-state index in [4.69, 9.17) is 13.9 Å². The van der Waals surface area contributed by atoms with Crippen molar-refractivity contribution in [2.45, 2.75) is 20.0 Å². The number of morpholine rings is 1. The minimum Gasteiger partial charge on any atom is -0.492 e. The first kappa shape index (κ1) is 22.2. The average molecular weight is 437 g/mol. The summed E-state index contributed by atoms with van der Waals surface area (Å²) >= 11 is 0. The van der Waals surface area contributed by atoms with E-state index >= 15 is 0 Å². The molecule has 0 bridgehead atoms. The summed E-state index contributed by atoms with van der Waals surface area (Å²) in [4.78, 5) is 6.72. The molecule has 3 aromatic rings. The zero-order valence-corrected chi connectivity index (χ0v) is 18.9. The van der Waals surface area contributed by atoms with Crippen molar-refractivity contribution in [2.24, 2.45) is 4.99 Å². The van der Waals surface area contributed by atoms with E-state index in [2.05, 4.69) is 39.6 Å². The van der Waals surface area contributed by atoms with E-state index in [0.717, 1.165) is 66.5 Å². The second kappa shape index (κ2) is 11.0. The van der Waals surface area contributed by atoms with Crippen LogP contribution in [0.5, 0.6) is 5.75 Å². The quantitative estimate of drug-likeness (QED) is 0.417. The van der Waals surface area contributed by atoms with E-state index in [1.807, 2.05) is 36.4 Å². The van der Waals surface area contributed by atoms with E-state index in [1.54, 1.807) is 7.05 Å². The number of ether oxygens (including phenoxy) is 2. The molecule has 1 aromatic heterocycles. The fourth-order valence-electron chi connectivity index (χ4n) is 3.86. The van der Waals surface area contributed by atoms with Gasteiger partial charge < -0.3 is 24.5 Å². The zero-order valence-electron chi connectivity index (χ0n) is 18.9. The molecule has 4 rings (SSSR count). The third kappa shape index (κ3) is 5.60. The maximum absolute atomic E-state index is 6.09. The number of guanidine groups is 1. The topological polar surface area (TPSA) is 71.3 Å². The Bertz CT molecular complexity index is 1040. The van der Waals surface area contributed by atoms with Crippen LogP contribution in [0.1, 0.15) is 16.9 Å². The third-order valence-electron chi connectivity index (χ3n) is 5.77. The van der Waals surface area contributed by atoms with Crippen LogP contribution in [0, 0.1) is 6.92 Å². The standard InChI is InChI=1S/C25H32N4O3/c1-19-21-8-4-6-10-23(21)32-24(19)18-28-25(26-2)27-17-20-7-3-5-9-22(20)31-16-13-29-11-14-30-15-12-29/h3-10H,11-18H2,1-2H3,(H2,26,27,28). The number of fused-ring (bicyclic) bond motifs is 1. The average Bonchev–Trinajstić information content (AvgIpc) is 3.16. The molecule has 170 valence electrons. The highest BCUT2D eigenvalue weighted by atomic mass is 16.5. The van der Waals surface area contributed by atoms with Gasteiger partial charge in [0.25, 0.3) is 0 Å². The Hall–Kier alpha value is -3.03. The number of furan rings is 1. The molecule has 1 fully saturated rings. The SMILES string of the molecule is CN=C(NCc1ccccc1OCCN1CCOCC1)NCc1oc2ccccc2c1C. The van der Waals surface area contributed by atoms with Crippen LogP contribution in [0.25, 0.3) is 11.0 Å². The summed E-state index contributed by atoms with van der Waals surface area (Å²) in [5.41, 5.74) is 3.16. The minimum atomic E-state index is 0.567. The van der Waals surface area contributed by atoms with E-state index in [9.17, 15) is 0 Å². The minimum absolute atomic E-state index is 0.567. The van der Waals surface area contributed by atoms with E-state index in [0.29, 0.717) is 25.7 Å². The molecular formula is C25H32N4O3. The van der Waals surface area contributed by atoms with E-state index in [1.165, 1.54) is 0 Å². The molecule has 2 aromatic carbocycles. The van der Waals surface area contributed by atoms with Crippen LogP contribution in [0.2, 0.25) is 0 Å². The lowest BCUT2D eigenvalue weighted by Crippen LogP contribution is -2.38. The van der Waals surface area contributed by atoms with E-state index in [-0.39, 0.29) is 0 Å². The molecule has 2 N–H and O–H groups in total. The Balaban J connectivity index is 1.29. The first-order chi connectivity index (χ1) is 15.7. The fourth-order valence-corrected chi connectivity index (χ4v) is 3.86. The number of aliphatic imine (C=N–C) groups is 1. The van der Waals surface area contributed by atoms with Crippen LogP contribution in [0.3, 0.4) is 0 Å². The Morgan fingerprint density at radius 3 is 2.59 bits per heavy atom. The molecular weight excluding hydrogens is 404 g/mol. The maximum Gasteiger partial charge on any atom is 0.191 e. The number of aryl methyl sites for hydroxylation is 1. The smallest absolute Gasteiger partial charge is 0.191 e. The van der Waals surface area contributed by atoms with Gasteiger partial charge >= 0.3 is 0 Å². The van der Waals surface area contributed by atoms with Gasteiger partial charge in [0.05, 0.1) is 19.8 Å². The lowest BCUT2D eigenvalue weighted by atomic mass is 10.1. The lowest BCUT2D eigenvalue weighted by Gasteiger charge is -2.26. The number of para-hydroxylation sites is 2. The van der Waals surface area contributed by atoms with Gasteiger partial charge in [0, 0.05) is 49.7 Å². The van der Waals surface area contributed by atoms with Gasteiger partial charge in [-0.2, -0.15) is 0 Å². The van der Waals surface area contributed by atoms with Gasteiger partial charge in [-0.25, -0.2) is 0 Å². The molecule has 0 unspecified atom stereocenters. The number of rotatable bonds is 8. The predicted molar refractivity (Wildman–Crippen MR) is 127 cm³/mol. The molecule has 1 saturated heterocycles. The molecule has 32 heavy (non-hydrogen) atoms. The molecule has 0 atom stereocenters. The Kier molecular flexibility index (Phi) is 7.64. The van der Waals surface area contributed by atoms with Crippen LogP contribution < -0.4 is 15.4 Å².